The smallest absolute Gasteiger partial charge is 0.320 e. The van der Waals surface area contributed by atoms with Crippen LogP contribution in [0.1, 0.15) is 11.1 Å². The molecule has 0 radical (unpaired) electrons. The van der Waals surface area contributed by atoms with Gasteiger partial charge in [0, 0.05) is 5.02 Å². The number of hydrogen-bond acceptors (Lipinski definition) is 5. The molecule has 96 valence electrons. The number of hydrogen-bond donors (Lipinski definition) is 0. The van der Waals surface area contributed by atoms with Gasteiger partial charge < -0.3 is 4.74 Å². The quantitative estimate of drug-likeness (QED) is 0.779. The molecule has 0 aromatic heterocycles. The number of ether oxygens (including phenoxy) is 1. The first-order valence-corrected chi connectivity index (χ1v) is 7.03. The Labute approximate surface area is 110 Å². The van der Waals surface area contributed by atoms with Gasteiger partial charge in [0.1, 0.15) is 5.75 Å². The molecule has 18 heavy (non-hydrogen) atoms. The van der Waals surface area contributed by atoms with E-state index in [0.717, 1.165) is 7.11 Å². The van der Waals surface area contributed by atoms with Gasteiger partial charge in [-0.15, -0.1) is 0 Å². The molecule has 0 unspecified atom stereocenters. The van der Waals surface area contributed by atoms with Crippen molar-refractivity contribution in [3.05, 3.63) is 34.3 Å². The Hall–Kier alpha value is -1.58. The van der Waals surface area contributed by atoms with Crippen molar-refractivity contribution >= 4 is 27.4 Å². The molecule has 5 nitrogen and oxygen atoms in total. The number of halogens is 1. The van der Waals surface area contributed by atoms with Crippen molar-refractivity contribution in [2.75, 3.05) is 12.9 Å². The minimum Gasteiger partial charge on any atom is -0.468 e. The Kier molecular flexibility index (Phi) is 4.70. The number of carbonyl (C=O) groups is 1. The number of nitrogens with zero attached hydrogens (tertiary/aromatic N) is 1. The molecule has 0 bridgehead atoms. The van der Waals surface area contributed by atoms with Crippen molar-refractivity contribution in [1.29, 1.82) is 5.26 Å². The van der Waals surface area contributed by atoms with E-state index < -0.39 is 21.6 Å². The zero-order valence-electron chi connectivity index (χ0n) is 9.51. The standard InChI is InChI=1S/C11H10ClNO4S/c1-17-11(14)7-18(15,16)6-9-3-2-8(5-13)4-10(9)12/h2-4H,6-7H2,1H3. The van der Waals surface area contributed by atoms with Gasteiger partial charge in [-0.1, -0.05) is 17.7 Å². The number of methoxy groups -OCH3 is 1. The van der Waals surface area contributed by atoms with Crippen LogP contribution < -0.4 is 0 Å². The van der Waals surface area contributed by atoms with Crippen LogP contribution in [0.15, 0.2) is 18.2 Å². The normalized spacial score (nSPS) is 10.7. The SMILES string of the molecule is COC(=O)CS(=O)(=O)Cc1ccc(C#N)cc1Cl. The first-order chi connectivity index (χ1) is 8.38. The Morgan fingerprint density at radius 1 is 1.50 bits per heavy atom. The molecular formula is C11H10ClNO4S. The number of benzene rings is 1. The number of esters is 1. The minimum atomic E-state index is -3.63. The van der Waals surface area contributed by atoms with E-state index in [1.54, 1.807) is 0 Å². The molecule has 1 rings (SSSR count). The monoisotopic (exact) mass is 287 g/mol. The molecule has 0 aliphatic rings. The average Bonchev–Trinajstić information content (AvgIpc) is 2.30. The zero-order chi connectivity index (χ0) is 13.8. The lowest BCUT2D eigenvalue weighted by molar-refractivity contribution is -0.137. The van der Waals surface area contributed by atoms with E-state index >= 15 is 0 Å². The Balaban J connectivity index is 2.92. The van der Waals surface area contributed by atoms with Gasteiger partial charge in [-0.05, 0) is 17.7 Å². The predicted octanol–water partition coefficient (Wildman–Crippen LogP) is 1.30. The molecule has 0 N–H and O–H groups in total. The van der Waals surface area contributed by atoms with Gasteiger partial charge in [0.15, 0.2) is 9.84 Å². The van der Waals surface area contributed by atoms with Crippen LogP contribution in [0.2, 0.25) is 5.02 Å². The molecule has 1 aromatic carbocycles. The lowest BCUT2D eigenvalue weighted by Crippen LogP contribution is -2.18. The van der Waals surface area contributed by atoms with Crippen LogP contribution in [0.5, 0.6) is 0 Å². The van der Waals surface area contributed by atoms with Gasteiger partial charge >= 0.3 is 5.97 Å². The third-order valence-corrected chi connectivity index (χ3v) is 3.90. The molecule has 0 spiro atoms. The fourth-order valence-corrected chi connectivity index (χ4v) is 2.89. The fourth-order valence-electron chi connectivity index (χ4n) is 1.26. The molecule has 7 heteroatoms. The summed E-state index contributed by atoms with van der Waals surface area (Å²) in [6.45, 7) is 0. The van der Waals surface area contributed by atoms with Crippen LogP contribution in [0.3, 0.4) is 0 Å². The summed E-state index contributed by atoms with van der Waals surface area (Å²) in [5, 5.41) is 8.83. The first-order valence-electron chi connectivity index (χ1n) is 4.83. The maximum Gasteiger partial charge on any atom is 0.320 e. The van der Waals surface area contributed by atoms with Crippen molar-refractivity contribution in [3.8, 4) is 6.07 Å². The van der Waals surface area contributed by atoms with Crippen LogP contribution in [0.25, 0.3) is 0 Å². The van der Waals surface area contributed by atoms with Crippen LogP contribution in [0.4, 0.5) is 0 Å². The van der Waals surface area contributed by atoms with E-state index in [9.17, 15) is 13.2 Å². The van der Waals surface area contributed by atoms with Gasteiger partial charge in [0.2, 0.25) is 0 Å². The van der Waals surface area contributed by atoms with Crippen LogP contribution in [-0.2, 0) is 25.1 Å². The summed E-state index contributed by atoms with van der Waals surface area (Å²) in [6, 6.07) is 6.19. The fraction of sp³-hybridized carbons (Fsp3) is 0.273. The summed E-state index contributed by atoms with van der Waals surface area (Å²) in [5.74, 6) is -1.88. The topological polar surface area (TPSA) is 84.2 Å². The van der Waals surface area contributed by atoms with Crippen LogP contribution >= 0.6 is 11.6 Å². The Morgan fingerprint density at radius 2 is 2.17 bits per heavy atom. The number of rotatable bonds is 4. The van der Waals surface area contributed by atoms with Gasteiger partial charge in [-0.25, -0.2) is 8.42 Å². The van der Waals surface area contributed by atoms with E-state index in [4.69, 9.17) is 16.9 Å². The highest BCUT2D eigenvalue weighted by Crippen LogP contribution is 2.20. The molecule has 0 fully saturated rings. The van der Waals surface area contributed by atoms with E-state index in [0.29, 0.717) is 11.1 Å². The Bertz CT molecular complexity index is 604. The molecule has 0 saturated carbocycles. The minimum absolute atomic E-state index is 0.183. The second kappa shape index (κ2) is 5.85. The molecule has 0 atom stereocenters. The van der Waals surface area contributed by atoms with Crippen molar-refractivity contribution in [2.45, 2.75) is 5.75 Å². The van der Waals surface area contributed by atoms with E-state index in [-0.39, 0.29) is 10.8 Å². The molecule has 0 saturated heterocycles. The highest BCUT2D eigenvalue weighted by atomic mass is 35.5. The van der Waals surface area contributed by atoms with Gasteiger partial charge in [-0.2, -0.15) is 5.26 Å². The molecule has 0 aliphatic carbocycles. The van der Waals surface area contributed by atoms with E-state index in [1.165, 1.54) is 18.2 Å². The van der Waals surface area contributed by atoms with Gasteiger partial charge in [0.05, 0.1) is 24.5 Å². The van der Waals surface area contributed by atoms with Crippen molar-refractivity contribution in [2.24, 2.45) is 0 Å². The average molecular weight is 288 g/mol. The zero-order valence-corrected chi connectivity index (χ0v) is 11.1. The maximum absolute atomic E-state index is 11.7. The number of sulfone groups is 1. The summed E-state index contributed by atoms with van der Waals surface area (Å²) in [6.07, 6.45) is 0. The summed E-state index contributed by atoms with van der Waals surface area (Å²) in [4.78, 5) is 10.9. The largest absolute Gasteiger partial charge is 0.468 e. The van der Waals surface area contributed by atoms with Gasteiger partial charge in [-0.3, -0.25) is 4.79 Å². The molecule has 0 heterocycles. The number of nitriles is 1. The molecule has 0 aliphatic heterocycles. The van der Waals surface area contributed by atoms with E-state index in [1.807, 2.05) is 6.07 Å². The third kappa shape index (κ3) is 4.02. The lowest BCUT2D eigenvalue weighted by atomic mass is 10.2. The molecular weight excluding hydrogens is 278 g/mol. The number of carbonyl (C=O) groups excluding carboxylic acids is 1. The van der Waals surface area contributed by atoms with Crippen LogP contribution in [0, 0.1) is 11.3 Å². The second-order valence-corrected chi connectivity index (χ2v) is 6.00. The lowest BCUT2D eigenvalue weighted by Gasteiger charge is -2.05. The second-order valence-electron chi connectivity index (χ2n) is 3.53. The highest BCUT2D eigenvalue weighted by Gasteiger charge is 2.19. The highest BCUT2D eigenvalue weighted by molar-refractivity contribution is 7.91. The summed E-state index contributed by atoms with van der Waals surface area (Å²) >= 11 is 5.85. The van der Waals surface area contributed by atoms with Gasteiger partial charge in [0.25, 0.3) is 0 Å². The van der Waals surface area contributed by atoms with Crippen molar-refractivity contribution in [1.82, 2.24) is 0 Å². The summed E-state index contributed by atoms with van der Waals surface area (Å²) in [5.41, 5.74) is 0.689. The van der Waals surface area contributed by atoms with Crippen molar-refractivity contribution in [3.63, 3.8) is 0 Å². The van der Waals surface area contributed by atoms with Crippen LogP contribution in [-0.4, -0.2) is 27.2 Å². The Morgan fingerprint density at radius 3 is 2.67 bits per heavy atom. The first kappa shape index (κ1) is 14.5. The molecule has 0 amide bonds. The third-order valence-electron chi connectivity index (χ3n) is 2.12. The maximum atomic E-state index is 11.7. The van der Waals surface area contributed by atoms with E-state index in [2.05, 4.69) is 4.74 Å². The van der Waals surface area contributed by atoms with Crippen molar-refractivity contribution < 1.29 is 17.9 Å². The summed E-state index contributed by atoms with van der Waals surface area (Å²) in [7, 11) is -2.51. The predicted molar refractivity (Wildman–Crippen MR) is 65.7 cm³/mol. The summed E-state index contributed by atoms with van der Waals surface area (Å²) < 4.78 is 27.6. The molecule has 1 aromatic rings.